The van der Waals surface area contributed by atoms with Gasteiger partial charge in [0.1, 0.15) is 5.69 Å². The molecule has 0 aliphatic carbocycles. The number of hydrogen-bond acceptors (Lipinski definition) is 3. The third kappa shape index (κ3) is 3.81. The van der Waals surface area contributed by atoms with Crippen LogP contribution in [0.5, 0.6) is 0 Å². The van der Waals surface area contributed by atoms with Crippen LogP contribution in [0.25, 0.3) is 0 Å². The van der Waals surface area contributed by atoms with Crippen molar-refractivity contribution < 1.29 is 4.79 Å². The molecule has 0 aliphatic heterocycles. The molecule has 0 spiro atoms. The quantitative estimate of drug-likeness (QED) is 0.839. The third-order valence-corrected chi connectivity index (χ3v) is 3.18. The number of aromatic nitrogens is 1. The number of amides is 1. The van der Waals surface area contributed by atoms with Gasteiger partial charge in [0.15, 0.2) is 0 Å². The Labute approximate surface area is 109 Å². The normalized spacial score (nSPS) is 12.2. The second kappa shape index (κ2) is 7.11. The van der Waals surface area contributed by atoms with Gasteiger partial charge in [-0.1, -0.05) is 26.3 Å². The maximum absolute atomic E-state index is 12.3. The second-order valence-corrected chi connectivity index (χ2v) is 4.61. The zero-order chi connectivity index (χ0) is 13.5. The van der Waals surface area contributed by atoms with E-state index in [0.29, 0.717) is 24.7 Å². The van der Waals surface area contributed by atoms with E-state index >= 15 is 0 Å². The Kier molecular flexibility index (Phi) is 5.78. The van der Waals surface area contributed by atoms with E-state index < -0.39 is 0 Å². The molecular weight excluding hydrogens is 226 g/mol. The van der Waals surface area contributed by atoms with Crippen molar-refractivity contribution >= 4 is 5.91 Å². The van der Waals surface area contributed by atoms with Gasteiger partial charge in [0.25, 0.3) is 5.91 Å². The summed E-state index contributed by atoms with van der Waals surface area (Å²) in [5.74, 6) is 0.513. The van der Waals surface area contributed by atoms with E-state index in [1.807, 2.05) is 17.9 Å². The lowest BCUT2D eigenvalue weighted by Crippen LogP contribution is -2.35. The van der Waals surface area contributed by atoms with E-state index in [2.05, 4.69) is 18.8 Å². The van der Waals surface area contributed by atoms with Gasteiger partial charge in [0.05, 0.1) is 0 Å². The van der Waals surface area contributed by atoms with E-state index in [9.17, 15) is 4.79 Å². The van der Waals surface area contributed by atoms with Crippen LogP contribution in [0.2, 0.25) is 0 Å². The Bertz CT molecular complexity index is 375. The Morgan fingerprint density at radius 1 is 1.44 bits per heavy atom. The summed E-state index contributed by atoms with van der Waals surface area (Å²) in [6, 6.07) is 3.61. The fourth-order valence-corrected chi connectivity index (χ4v) is 1.69. The van der Waals surface area contributed by atoms with Crippen LogP contribution in [0.15, 0.2) is 18.3 Å². The highest BCUT2D eigenvalue weighted by Crippen LogP contribution is 2.09. The van der Waals surface area contributed by atoms with Gasteiger partial charge in [0, 0.05) is 25.8 Å². The topological polar surface area (TPSA) is 59.2 Å². The molecule has 1 amide bonds. The summed E-state index contributed by atoms with van der Waals surface area (Å²) < 4.78 is 0. The molecule has 100 valence electrons. The van der Waals surface area contributed by atoms with Crippen LogP contribution in [0.1, 0.15) is 43.2 Å². The first-order chi connectivity index (χ1) is 8.62. The van der Waals surface area contributed by atoms with Crippen molar-refractivity contribution in [1.29, 1.82) is 0 Å². The molecule has 1 unspecified atom stereocenters. The number of rotatable bonds is 6. The first-order valence-electron chi connectivity index (χ1n) is 6.56. The number of carbonyl (C=O) groups excluding carboxylic acids is 1. The van der Waals surface area contributed by atoms with Gasteiger partial charge in [-0.25, -0.2) is 0 Å². The molecule has 18 heavy (non-hydrogen) atoms. The molecule has 0 aliphatic rings. The van der Waals surface area contributed by atoms with Gasteiger partial charge in [0.2, 0.25) is 0 Å². The summed E-state index contributed by atoms with van der Waals surface area (Å²) in [5.41, 5.74) is 6.95. The van der Waals surface area contributed by atoms with Crippen LogP contribution < -0.4 is 5.73 Å². The summed E-state index contributed by atoms with van der Waals surface area (Å²) in [5, 5.41) is 0. The predicted molar refractivity (Wildman–Crippen MR) is 73.2 cm³/mol. The van der Waals surface area contributed by atoms with E-state index in [1.54, 1.807) is 12.3 Å². The summed E-state index contributed by atoms with van der Waals surface area (Å²) >= 11 is 0. The molecule has 4 heteroatoms. The molecule has 4 nitrogen and oxygen atoms in total. The van der Waals surface area contributed by atoms with Crippen molar-refractivity contribution in [2.75, 3.05) is 13.1 Å². The van der Waals surface area contributed by atoms with Crippen LogP contribution >= 0.6 is 0 Å². The maximum Gasteiger partial charge on any atom is 0.272 e. The van der Waals surface area contributed by atoms with Crippen molar-refractivity contribution in [3.8, 4) is 0 Å². The Morgan fingerprint density at radius 3 is 2.61 bits per heavy atom. The highest BCUT2D eigenvalue weighted by Gasteiger charge is 2.17. The van der Waals surface area contributed by atoms with E-state index in [4.69, 9.17) is 5.73 Å². The second-order valence-electron chi connectivity index (χ2n) is 4.61. The first kappa shape index (κ1) is 14.6. The number of hydrogen-bond donors (Lipinski definition) is 1. The van der Waals surface area contributed by atoms with Crippen LogP contribution in [0.4, 0.5) is 0 Å². The fraction of sp³-hybridized carbons (Fsp3) is 0.571. The summed E-state index contributed by atoms with van der Waals surface area (Å²) in [6.45, 7) is 8.23. The molecule has 1 aromatic heterocycles. The van der Waals surface area contributed by atoms with Gasteiger partial charge in [-0.15, -0.1) is 0 Å². The minimum Gasteiger partial charge on any atom is -0.337 e. The molecular formula is C14H23N3O. The van der Waals surface area contributed by atoms with Gasteiger partial charge >= 0.3 is 0 Å². The average molecular weight is 249 g/mol. The molecule has 0 saturated heterocycles. The minimum atomic E-state index is 0.00127. The number of carbonyl (C=O) groups is 1. The van der Waals surface area contributed by atoms with Gasteiger partial charge in [-0.3, -0.25) is 9.78 Å². The van der Waals surface area contributed by atoms with Crippen molar-refractivity contribution in [1.82, 2.24) is 9.88 Å². The molecule has 2 N–H and O–H groups in total. The Hall–Kier alpha value is -1.42. The smallest absolute Gasteiger partial charge is 0.272 e. The zero-order valence-corrected chi connectivity index (χ0v) is 11.5. The molecule has 0 aromatic carbocycles. The summed E-state index contributed by atoms with van der Waals surface area (Å²) in [6.07, 6.45) is 2.74. The number of nitrogens with zero attached hydrogens (tertiary/aromatic N) is 2. The standard InChI is InChI=1S/C14H23N3O/c1-4-11(3)10-17(5-2)14(18)13-7-6-12(8-15)9-16-13/h6-7,9,11H,4-5,8,10,15H2,1-3H3. The van der Waals surface area contributed by atoms with Crippen molar-refractivity contribution in [2.24, 2.45) is 11.7 Å². The Balaban J connectivity index is 2.76. The SMILES string of the molecule is CCC(C)CN(CC)C(=O)c1ccc(CN)cn1. The molecule has 1 aromatic rings. The van der Waals surface area contributed by atoms with Crippen molar-refractivity contribution in [3.63, 3.8) is 0 Å². The molecule has 0 bridgehead atoms. The van der Waals surface area contributed by atoms with Gasteiger partial charge < -0.3 is 10.6 Å². The first-order valence-corrected chi connectivity index (χ1v) is 6.56. The predicted octanol–water partition coefficient (Wildman–Crippen LogP) is 2.05. The van der Waals surface area contributed by atoms with Gasteiger partial charge in [-0.05, 0) is 24.5 Å². The van der Waals surface area contributed by atoms with E-state index in [-0.39, 0.29) is 5.91 Å². The summed E-state index contributed by atoms with van der Waals surface area (Å²) in [7, 11) is 0. The molecule has 1 heterocycles. The molecule has 1 atom stereocenters. The minimum absolute atomic E-state index is 0.00127. The highest BCUT2D eigenvalue weighted by atomic mass is 16.2. The van der Waals surface area contributed by atoms with E-state index in [0.717, 1.165) is 18.5 Å². The van der Waals surface area contributed by atoms with E-state index in [1.165, 1.54) is 0 Å². The molecule has 1 rings (SSSR count). The summed E-state index contributed by atoms with van der Waals surface area (Å²) in [4.78, 5) is 18.3. The molecule has 0 fully saturated rings. The van der Waals surface area contributed by atoms with Crippen molar-refractivity contribution in [3.05, 3.63) is 29.6 Å². The largest absolute Gasteiger partial charge is 0.337 e. The van der Waals surface area contributed by atoms with Crippen LogP contribution in [-0.4, -0.2) is 28.9 Å². The van der Waals surface area contributed by atoms with Crippen LogP contribution in [-0.2, 0) is 6.54 Å². The van der Waals surface area contributed by atoms with Crippen LogP contribution in [0, 0.1) is 5.92 Å². The lowest BCUT2D eigenvalue weighted by molar-refractivity contribution is 0.0735. The van der Waals surface area contributed by atoms with Crippen LogP contribution in [0.3, 0.4) is 0 Å². The molecule has 0 radical (unpaired) electrons. The number of pyridine rings is 1. The number of nitrogens with two attached hydrogens (primary N) is 1. The zero-order valence-electron chi connectivity index (χ0n) is 11.5. The van der Waals surface area contributed by atoms with Gasteiger partial charge in [-0.2, -0.15) is 0 Å². The Morgan fingerprint density at radius 2 is 2.17 bits per heavy atom. The van der Waals surface area contributed by atoms with Crippen molar-refractivity contribution in [2.45, 2.75) is 33.7 Å². The highest BCUT2D eigenvalue weighted by molar-refractivity contribution is 5.92. The third-order valence-electron chi connectivity index (χ3n) is 3.18. The average Bonchev–Trinajstić information content (AvgIpc) is 2.43. The maximum atomic E-state index is 12.3. The monoisotopic (exact) mass is 249 g/mol. The molecule has 0 saturated carbocycles. The lowest BCUT2D eigenvalue weighted by Gasteiger charge is -2.23. The lowest BCUT2D eigenvalue weighted by atomic mass is 10.1. The fourth-order valence-electron chi connectivity index (χ4n) is 1.69.